The van der Waals surface area contributed by atoms with Gasteiger partial charge in [-0.2, -0.15) is 0 Å². The molecule has 2 rings (SSSR count). The molecule has 0 heterocycles. The van der Waals surface area contributed by atoms with Crippen molar-refractivity contribution in [3.8, 4) is 17.2 Å². The lowest BCUT2D eigenvalue weighted by Crippen LogP contribution is -2.12. The van der Waals surface area contributed by atoms with E-state index >= 15 is 0 Å². The van der Waals surface area contributed by atoms with E-state index in [2.05, 4.69) is 15.9 Å². The summed E-state index contributed by atoms with van der Waals surface area (Å²) in [6, 6.07) is 8.94. The monoisotopic (exact) mass is 354 g/mol. The highest BCUT2D eigenvalue weighted by atomic mass is 79.9. The van der Waals surface area contributed by atoms with Crippen molar-refractivity contribution < 1.29 is 23.4 Å². The number of ether oxygens (including phenoxy) is 3. The molecule has 6 heteroatoms. The molecule has 0 aromatic heterocycles. The normalized spacial score (nSPS) is 10.1. The Labute approximate surface area is 129 Å². The summed E-state index contributed by atoms with van der Waals surface area (Å²) in [7, 11) is 2.87. The van der Waals surface area contributed by atoms with E-state index in [-0.39, 0.29) is 11.3 Å². The number of rotatable bonds is 4. The molecule has 0 saturated carbocycles. The summed E-state index contributed by atoms with van der Waals surface area (Å²) >= 11 is 3.18. The number of para-hydroxylation sites is 1. The smallest absolute Gasteiger partial charge is 0.346 e. The number of hydrogen-bond donors (Lipinski definition) is 0. The van der Waals surface area contributed by atoms with Crippen LogP contribution in [-0.2, 0) is 0 Å². The van der Waals surface area contributed by atoms with Crippen molar-refractivity contribution in [2.45, 2.75) is 0 Å². The Hall–Kier alpha value is -2.08. The summed E-state index contributed by atoms with van der Waals surface area (Å²) in [6.07, 6.45) is 0. The minimum Gasteiger partial charge on any atom is -0.493 e. The average molecular weight is 355 g/mol. The average Bonchev–Trinajstić information content (AvgIpc) is 2.49. The molecule has 2 aromatic carbocycles. The van der Waals surface area contributed by atoms with Gasteiger partial charge in [-0.3, -0.25) is 0 Å². The van der Waals surface area contributed by atoms with Gasteiger partial charge in [-0.25, -0.2) is 9.18 Å². The lowest BCUT2D eigenvalue weighted by Gasteiger charge is -2.13. The van der Waals surface area contributed by atoms with Crippen LogP contribution < -0.4 is 14.2 Å². The third-order valence-corrected chi connectivity index (χ3v) is 3.22. The minimum atomic E-state index is -0.836. The van der Waals surface area contributed by atoms with Crippen molar-refractivity contribution in [1.29, 1.82) is 0 Å². The molecule has 0 aliphatic carbocycles. The third kappa shape index (κ3) is 3.33. The van der Waals surface area contributed by atoms with Crippen LogP contribution in [0.15, 0.2) is 40.9 Å². The molecular formula is C15H12BrFO4. The van der Waals surface area contributed by atoms with Crippen LogP contribution in [0.1, 0.15) is 10.4 Å². The minimum absolute atomic E-state index is 0.104. The maximum Gasteiger partial charge on any atom is 0.346 e. The molecule has 0 atom stereocenters. The topological polar surface area (TPSA) is 44.8 Å². The van der Waals surface area contributed by atoms with E-state index in [1.165, 1.54) is 32.4 Å². The summed E-state index contributed by atoms with van der Waals surface area (Å²) < 4.78 is 29.7. The lowest BCUT2D eigenvalue weighted by atomic mass is 10.2. The van der Waals surface area contributed by atoms with Gasteiger partial charge in [0, 0.05) is 4.47 Å². The SMILES string of the molecule is COc1cccc(OC)c1OC(=O)c1cc(Br)ccc1F. The highest BCUT2D eigenvalue weighted by Crippen LogP contribution is 2.37. The fourth-order valence-electron chi connectivity index (χ4n) is 1.72. The molecule has 2 aromatic rings. The highest BCUT2D eigenvalue weighted by Gasteiger charge is 2.19. The first-order valence-electron chi connectivity index (χ1n) is 5.95. The van der Waals surface area contributed by atoms with Gasteiger partial charge in [0.1, 0.15) is 5.82 Å². The number of hydrogen-bond acceptors (Lipinski definition) is 4. The largest absolute Gasteiger partial charge is 0.493 e. The van der Waals surface area contributed by atoms with Crippen LogP contribution in [0.5, 0.6) is 17.2 Å². The first kappa shape index (κ1) is 15.3. The molecule has 110 valence electrons. The number of carbonyl (C=O) groups excluding carboxylic acids is 1. The Balaban J connectivity index is 2.38. The molecule has 21 heavy (non-hydrogen) atoms. The quantitative estimate of drug-likeness (QED) is 0.618. The van der Waals surface area contributed by atoms with Gasteiger partial charge in [-0.15, -0.1) is 0 Å². The Morgan fingerprint density at radius 2 is 1.71 bits per heavy atom. The van der Waals surface area contributed by atoms with Crippen LogP contribution in [0.3, 0.4) is 0 Å². The number of carbonyl (C=O) groups is 1. The number of benzene rings is 2. The summed E-state index contributed by atoms with van der Waals surface area (Å²) in [6.45, 7) is 0. The van der Waals surface area contributed by atoms with Crippen molar-refractivity contribution in [2.75, 3.05) is 14.2 Å². The molecule has 0 N–H and O–H groups in total. The van der Waals surface area contributed by atoms with Crippen LogP contribution in [0.4, 0.5) is 4.39 Å². The van der Waals surface area contributed by atoms with Gasteiger partial charge in [0.25, 0.3) is 0 Å². The second kappa shape index (κ2) is 6.58. The Kier molecular flexibility index (Phi) is 4.80. The van der Waals surface area contributed by atoms with E-state index < -0.39 is 11.8 Å². The van der Waals surface area contributed by atoms with Crippen LogP contribution in [-0.4, -0.2) is 20.2 Å². The van der Waals surface area contributed by atoms with Gasteiger partial charge < -0.3 is 14.2 Å². The summed E-state index contributed by atoms with van der Waals surface area (Å²) in [4.78, 5) is 12.1. The molecule has 0 unspecified atom stereocenters. The Morgan fingerprint density at radius 1 is 1.10 bits per heavy atom. The molecule has 0 amide bonds. The summed E-state index contributed by atoms with van der Waals surface area (Å²) in [5.41, 5.74) is -0.183. The maximum absolute atomic E-state index is 13.7. The first-order chi connectivity index (χ1) is 10.1. The van der Waals surface area contributed by atoms with E-state index in [0.717, 1.165) is 0 Å². The molecule has 0 aliphatic rings. The predicted molar refractivity (Wildman–Crippen MR) is 78.6 cm³/mol. The molecule has 0 fully saturated rings. The fourth-order valence-corrected chi connectivity index (χ4v) is 2.08. The lowest BCUT2D eigenvalue weighted by molar-refractivity contribution is 0.0719. The predicted octanol–water partition coefficient (Wildman–Crippen LogP) is 3.82. The van der Waals surface area contributed by atoms with Crippen LogP contribution in [0, 0.1) is 5.82 Å². The second-order valence-electron chi connectivity index (χ2n) is 4.01. The van der Waals surface area contributed by atoms with E-state index in [9.17, 15) is 9.18 Å². The zero-order valence-electron chi connectivity index (χ0n) is 11.4. The van der Waals surface area contributed by atoms with Crippen molar-refractivity contribution in [1.82, 2.24) is 0 Å². The van der Waals surface area contributed by atoms with Crippen molar-refractivity contribution in [2.24, 2.45) is 0 Å². The van der Waals surface area contributed by atoms with Gasteiger partial charge >= 0.3 is 5.97 Å². The van der Waals surface area contributed by atoms with Gasteiger partial charge in [0.15, 0.2) is 11.5 Å². The van der Waals surface area contributed by atoms with Crippen LogP contribution >= 0.6 is 15.9 Å². The van der Waals surface area contributed by atoms with E-state index in [4.69, 9.17) is 14.2 Å². The van der Waals surface area contributed by atoms with Crippen LogP contribution in [0.2, 0.25) is 0 Å². The van der Waals surface area contributed by atoms with Crippen LogP contribution in [0.25, 0.3) is 0 Å². The second-order valence-corrected chi connectivity index (χ2v) is 4.92. The van der Waals surface area contributed by atoms with Crippen molar-refractivity contribution >= 4 is 21.9 Å². The van der Waals surface area contributed by atoms with E-state index in [1.54, 1.807) is 18.2 Å². The number of esters is 1. The maximum atomic E-state index is 13.7. The standard InChI is InChI=1S/C15H12BrFO4/c1-19-12-4-3-5-13(20-2)14(12)21-15(18)10-8-9(16)6-7-11(10)17/h3-8H,1-2H3. The molecule has 0 aliphatic heterocycles. The number of halogens is 2. The molecule has 0 radical (unpaired) electrons. The third-order valence-electron chi connectivity index (χ3n) is 2.73. The Morgan fingerprint density at radius 3 is 2.29 bits per heavy atom. The van der Waals surface area contributed by atoms with Gasteiger partial charge in [-0.05, 0) is 30.3 Å². The highest BCUT2D eigenvalue weighted by molar-refractivity contribution is 9.10. The van der Waals surface area contributed by atoms with E-state index in [0.29, 0.717) is 16.0 Å². The van der Waals surface area contributed by atoms with E-state index in [1.807, 2.05) is 0 Å². The van der Waals surface area contributed by atoms with Gasteiger partial charge in [0.2, 0.25) is 5.75 Å². The molecular weight excluding hydrogens is 343 g/mol. The molecule has 4 nitrogen and oxygen atoms in total. The van der Waals surface area contributed by atoms with Crippen molar-refractivity contribution in [3.63, 3.8) is 0 Å². The number of methoxy groups -OCH3 is 2. The first-order valence-corrected chi connectivity index (χ1v) is 6.74. The molecule has 0 spiro atoms. The van der Waals surface area contributed by atoms with Gasteiger partial charge in [0.05, 0.1) is 19.8 Å². The molecule has 0 saturated heterocycles. The fraction of sp³-hybridized carbons (Fsp3) is 0.133. The molecule has 0 bridgehead atoms. The zero-order valence-corrected chi connectivity index (χ0v) is 12.9. The summed E-state index contributed by atoms with van der Waals surface area (Å²) in [5, 5.41) is 0. The summed E-state index contributed by atoms with van der Waals surface area (Å²) in [5.74, 6) is -0.767. The Bertz CT molecular complexity index is 650. The zero-order chi connectivity index (χ0) is 15.4. The van der Waals surface area contributed by atoms with Crippen molar-refractivity contribution in [3.05, 3.63) is 52.3 Å². The van der Waals surface area contributed by atoms with Gasteiger partial charge in [-0.1, -0.05) is 22.0 Å².